The first-order valence-electron chi connectivity index (χ1n) is 6.56. The molecule has 0 radical (unpaired) electrons. The molecular formula is C14H18N4O3. The van der Waals surface area contributed by atoms with E-state index in [1.165, 1.54) is 6.07 Å². The maximum absolute atomic E-state index is 11.1. The van der Waals surface area contributed by atoms with Gasteiger partial charge in [0, 0.05) is 22.7 Å². The van der Waals surface area contributed by atoms with Crippen LogP contribution in [0.1, 0.15) is 32.2 Å². The Bertz CT molecular complexity index is 686. The van der Waals surface area contributed by atoms with Gasteiger partial charge in [0.25, 0.3) is 5.69 Å². The summed E-state index contributed by atoms with van der Waals surface area (Å²) in [6.45, 7) is 7.33. The molecule has 1 aromatic carbocycles. The molecular weight excluding hydrogens is 272 g/mol. The molecule has 0 saturated heterocycles. The number of nitro groups is 1. The van der Waals surface area contributed by atoms with E-state index in [4.69, 9.17) is 0 Å². The van der Waals surface area contributed by atoms with Crippen LogP contribution in [0, 0.1) is 17.0 Å². The van der Waals surface area contributed by atoms with Crippen molar-refractivity contribution >= 4 is 5.69 Å². The molecule has 0 fully saturated rings. The van der Waals surface area contributed by atoms with Crippen molar-refractivity contribution < 1.29 is 10.0 Å². The third kappa shape index (κ3) is 2.78. The van der Waals surface area contributed by atoms with Gasteiger partial charge in [-0.25, -0.2) is 0 Å². The summed E-state index contributed by atoms with van der Waals surface area (Å²) >= 11 is 0. The van der Waals surface area contributed by atoms with Gasteiger partial charge in [-0.15, -0.1) is 10.2 Å². The number of hydrogen-bond donors (Lipinski definition) is 1. The van der Waals surface area contributed by atoms with E-state index < -0.39 is 4.92 Å². The van der Waals surface area contributed by atoms with Gasteiger partial charge < -0.3 is 9.67 Å². The molecule has 1 N–H and O–H groups in total. The van der Waals surface area contributed by atoms with Gasteiger partial charge in [-0.3, -0.25) is 10.1 Å². The van der Waals surface area contributed by atoms with Crippen molar-refractivity contribution in [3.8, 4) is 11.4 Å². The zero-order valence-corrected chi connectivity index (χ0v) is 12.5. The van der Waals surface area contributed by atoms with Crippen molar-refractivity contribution in [2.45, 2.75) is 39.8 Å². The number of aryl methyl sites for hydroxylation is 1. The Kier molecular flexibility index (Phi) is 3.78. The van der Waals surface area contributed by atoms with Gasteiger partial charge in [0.05, 0.1) is 4.92 Å². The molecule has 1 heterocycles. The predicted molar refractivity (Wildman–Crippen MR) is 77.8 cm³/mol. The van der Waals surface area contributed by atoms with Gasteiger partial charge >= 0.3 is 0 Å². The lowest BCUT2D eigenvalue weighted by Gasteiger charge is -2.24. The number of hydrogen-bond acceptors (Lipinski definition) is 5. The fraction of sp³-hybridized carbons (Fsp3) is 0.429. The smallest absolute Gasteiger partial charge is 0.273 e. The third-order valence-corrected chi connectivity index (χ3v) is 3.21. The molecule has 0 aliphatic rings. The van der Waals surface area contributed by atoms with Crippen LogP contribution in [0.4, 0.5) is 5.69 Å². The average molecular weight is 290 g/mol. The predicted octanol–water partition coefficient (Wildman–Crippen LogP) is 2.41. The monoisotopic (exact) mass is 290 g/mol. The molecule has 0 bridgehead atoms. The van der Waals surface area contributed by atoms with Gasteiger partial charge in [-0.05, 0) is 27.7 Å². The van der Waals surface area contributed by atoms with Gasteiger partial charge in [-0.2, -0.15) is 0 Å². The second-order valence-corrected chi connectivity index (χ2v) is 5.86. The summed E-state index contributed by atoms with van der Waals surface area (Å²) in [6.07, 6.45) is 0. The summed E-state index contributed by atoms with van der Waals surface area (Å²) in [4.78, 5) is 10.7. The van der Waals surface area contributed by atoms with E-state index in [-0.39, 0.29) is 17.8 Å². The maximum atomic E-state index is 11.1. The van der Waals surface area contributed by atoms with Gasteiger partial charge in [-0.1, -0.05) is 12.1 Å². The number of benzene rings is 1. The number of aliphatic hydroxyl groups is 1. The zero-order chi connectivity index (χ0) is 15.8. The fourth-order valence-electron chi connectivity index (χ4n) is 2.26. The summed E-state index contributed by atoms with van der Waals surface area (Å²) in [5.74, 6) is 0.940. The quantitative estimate of drug-likeness (QED) is 0.692. The largest absolute Gasteiger partial charge is 0.388 e. The van der Waals surface area contributed by atoms with Crippen LogP contribution in [0.2, 0.25) is 0 Å². The Morgan fingerprint density at radius 1 is 1.33 bits per heavy atom. The highest BCUT2D eigenvalue weighted by Crippen LogP contribution is 2.29. The number of aromatic nitrogens is 3. The van der Waals surface area contributed by atoms with E-state index >= 15 is 0 Å². The van der Waals surface area contributed by atoms with Crippen LogP contribution in [0.3, 0.4) is 0 Å². The van der Waals surface area contributed by atoms with Gasteiger partial charge in [0.15, 0.2) is 11.6 Å². The Labute approximate surface area is 122 Å². The highest BCUT2D eigenvalue weighted by molar-refractivity contribution is 5.62. The molecule has 112 valence electrons. The minimum atomic E-state index is -0.413. The fourth-order valence-corrected chi connectivity index (χ4v) is 2.26. The molecule has 0 aliphatic carbocycles. The maximum Gasteiger partial charge on any atom is 0.273 e. The standard InChI is InChI=1S/C14H18N4O3/c1-9-5-6-10(7-11(9)18(20)21)13-16-15-12(8-19)17(13)14(2,3)4/h5-7,19H,8H2,1-4H3. The molecule has 7 nitrogen and oxygen atoms in total. The van der Waals surface area contributed by atoms with Crippen molar-refractivity contribution in [2.75, 3.05) is 0 Å². The van der Waals surface area contributed by atoms with Crippen LogP contribution < -0.4 is 0 Å². The Hall–Kier alpha value is -2.28. The first kappa shape index (κ1) is 15.1. The highest BCUT2D eigenvalue weighted by Gasteiger charge is 2.24. The molecule has 0 atom stereocenters. The molecule has 0 amide bonds. The lowest BCUT2D eigenvalue weighted by atomic mass is 10.1. The Morgan fingerprint density at radius 2 is 2.00 bits per heavy atom. The molecule has 0 spiro atoms. The second-order valence-electron chi connectivity index (χ2n) is 5.86. The lowest BCUT2D eigenvalue weighted by Crippen LogP contribution is -2.25. The van der Waals surface area contributed by atoms with Crippen LogP contribution in [0.15, 0.2) is 18.2 Å². The molecule has 0 saturated carbocycles. The van der Waals surface area contributed by atoms with E-state index in [0.717, 1.165) is 0 Å². The summed E-state index contributed by atoms with van der Waals surface area (Å²) in [6, 6.07) is 4.95. The van der Waals surface area contributed by atoms with Crippen LogP contribution >= 0.6 is 0 Å². The number of rotatable bonds is 3. The summed E-state index contributed by atoms with van der Waals surface area (Å²) < 4.78 is 1.79. The summed E-state index contributed by atoms with van der Waals surface area (Å²) in [7, 11) is 0. The average Bonchev–Trinajstić information content (AvgIpc) is 2.82. The van der Waals surface area contributed by atoms with Crippen molar-refractivity contribution in [1.82, 2.24) is 14.8 Å². The van der Waals surface area contributed by atoms with Crippen LogP contribution in [0.25, 0.3) is 11.4 Å². The van der Waals surface area contributed by atoms with Gasteiger partial charge in [0.2, 0.25) is 0 Å². The Balaban J connectivity index is 2.66. The van der Waals surface area contributed by atoms with Crippen molar-refractivity contribution in [3.63, 3.8) is 0 Å². The molecule has 2 rings (SSSR count). The molecule has 2 aromatic rings. The molecule has 0 unspecified atom stereocenters. The van der Waals surface area contributed by atoms with Crippen molar-refractivity contribution in [3.05, 3.63) is 39.7 Å². The summed E-state index contributed by atoms with van der Waals surface area (Å²) in [5, 5.41) is 28.5. The van der Waals surface area contributed by atoms with Crippen LogP contribution in [0.5, 0.6) is 0 Å². The number of aliphatic hydroxyl groups excluding tert-OH is 1. The lowest BCUT2D eigenvalue weighted by molar-refractivity contribution is -0.385. The van der Waals surface area contributed by atoms with Crippen molar-refractivity contribution in [1.29, 1.82) is 0 Å². The second kappa shape index (κ2) is 5.25. The minimum absolute atomic E-state index is 0.0431. The van der Waals surface area contributed by atoms with E-state index in [1.807, 2.05) is 20.8 Å². The zero-order valence-electron chi connectivity index (χ0n) is 12.5. The Morgan fingerprint density at radius 3 is 2.52 bits per heavy atom. The molecule has 21 heavy (non-hydrogen) atoms. The third-order valence-electron chi connectivity index (χ3n) is 3.21. The number of nitro benzene ring substituents is 1. The van der Waals surface area contributed by atoms with E-state index in [1.54, 1.807) is 23.6 Å². The van der Waals surface area contributed by atoms with E-state index in [9.17, 15) is 15.2 Å². The molecule has 7 heteroatoms. The first-order valence-corrected chi connectivity index (χ1v) is 6.56. The molecule has 1 aromatic heterocycles. The normalized spacial score (nSPS) is 11.7. The summed E-state index contributed by atoms with van der Waals surface area (Å²) in [5.41, 5.74) is 0.889. The van der Waals surface area contributed by atoms with Crippen LogP contribution in [-0.2, 0) is 12.1 Å². The highest BCUT2D eigenvalue weighted by atomic mass is 16.6. The minimum Gasteiger partial charge on any atom is -0.388 e. The topological polar surface area (TPSA) is 94.1 Å². The van der Waals surface area contributed by atoms with E-state index in [2.05, 4.69) is 10.2 Å². The number of nitrogens with zero attached hydrogens (tertiary/aromatic N) is 4. The first-order chi connectivity index (χ1) is 9.75. The van der Waals surface area contributed by atoms with Gasteiger partial charge in [0.1, 0.15) is 6.61 Å². The van der Waals surface area contributed by atoms with Crippen LogP contribution in [-0.4, -0.2) is 24.8 Å². The van der Waals surface area contributed by atoms with E-state index in [0.29, 0.717) is 22.8 Å². The van der Waals surface area contributed by atoms with Crippen molar-refractivity contribution in [2.24, 2.45) is 0 Å². The molecule has 0 aliphatic heterocycles. The SMILES string of the molecule is Cc1ccc(-c2nnc(CO)n2C(C)(C)C)cc1[N+](=O)[O-].